The van der Waals surface area contributed by atoms with E-state index in [0.717, 1.165) is 31.4 Å². The summed E-state index contributed by atoms with van der Waals surface area (Å²) in [6, 6.07) is 4.15. The molecule has 0 fully saturated rings. The van der Waals surface area contributed by atoms with Gasteiger partial charge in [-0.25, -0.2) is 0 Å². The van der Waals surface area contributed by atoms with Crippen LogP contribution in [0.25, 0.3) is 0 Å². The minimum absolute atomic E-state index is 0.101. The molecule has 0 aromatic carbocycles. The van der Waals surface area contributed by atoms with Gasteiger partial charge in [-0.05, 0) is 30.9 Å². The number of aryl methyl sites for hydroxylation is 1. The molecule has 3 heteroatoms. The molecule has 0 saturated heterocycles. The minimum Gasteiger partial charge on any atom is -0.271 e. The Morgan fingerprint density at radius 2 is 2.44 bits per heavy atom. The van der Waals surface area contributed by atoms with Gasteiger partial charge in [-0.15, -0.1) is 12.3 Å². The van der Waals surface area contributed by atoms with Crippen molar-refractivity contribution in [3.63, 3.8) is 0 Å². The van der Waals surface area contributed by atoms with Crippen molar-refractivity contribution in [1.29, 1.82) is 0 Å². The molecule has 86 valence electrons. The van der Waals surface area contributed by atoms with Gasteiger partial charge in [0.2, 0.25) is 0 Å². The van der Waals surface area contributed by atoms with Gasteiger partial charge < -0.3 is 0 Å². The normalized spacial score (nSPS) is 12.1. The van der Waals surface area contributed by atoms with Crippen LogP contribution in [0, 0.1) is 12.3 Å². The van der Waals surface area contributed by atoms with Gasteiger partial charge in [-0.3, -0.25) is 16.3 Å². The highest BCUT2D eigenvalue weighted by molar-refractivity contribution is 5.22. The topological polar surface area (TPSA) is 50.9 Å². The summed E-state index contributed by atoms with van der Waals surface area (Å²) >= 11 is 0. The van der Waals surface area contributed by atoms with E-state index in [9.17, 15) is 0 Å². The Bertz CT molecular complexity index is 354. The molecule has 0 radical (unpaired) electrons. The number of rotatable bonds is 6. The third kappa shape index (κ3) is 3.34. The Morgan fingerprint density at radius 1 is 1.62 bits per heavy atom. The first-order valence-electron chi connectivity index (χ1n) is 5.66. The van der Waals surface area contributed by atoms with Gasteiger partial charge >= 0.3 is 0 Å². The standard InChI is InChI=1S/C13H19N3/c1-3-5-6-9-12(16-14)13-11(4-2)8-7-10-15-13/h1,7-8,10,12,16H,4-6,9,14H2,2H3. The zero-order chi connectivity index (χ0) is 11.8. The Morgan fingerprint density at radius 3 is 3.06 bits per heavy atom. The molecule has 1 aromatic rings. The van der Waals surface area contributed by atoms with E-state index < -0.39 is 0 Å². The molecule has 0 saturated carbocycles. The van der Waals surface area contributed by atoms with E-state index in [-0.39, 0.29) is 6.04 Å². The van der Waals surface area contributed by atoms with Crippen LogP contribution in [0.15, 0.2) is 18.3 Å². The van der Waals surface area contributed by atoms with Crippen LogP contribution >= 0.6 is 0 Å². The summed E-state index contributed by atoms with van der Waals surface area (Å²) in [4.78, 5) is 4.41. The van der Waals surface area contributed by atoms with Crippen LogP contribution in [0.2, 0.25) is 0 Å². The molecule has 3 nitrogen and oxygen atoms in total. The molecule has 0 aliphatic heterocycles. The molecule has 0 amide bonds. The van der Waals surface area contributed by atoms with E-state index in [1.807, 2.05) is 6.07 Å². The van der Waals surface area contributed by atoms with Crippen LogP contribution in [0.5, 0.6) is 0 Å². The van der Waals surface area contributed by atoms with Crippen molar-refractivity contribution in [2.24, 2.45) is 5.84 Å². The first-order chi connectivity index (χ1) is 7.83. The molecule has 3 N–H and O–H groups in total. The van der Waals surface area contributed by atoms with Gasteiger partial charge in [0.15, 0.2) is 0 Å². The molecule has 1 heterocycles. The van der Waals surface area contributed by atoms with E-state index in [0.29, 0.717) is 0 Å². The van der Waals surface area contributed by atoms with Crippen molar-refractivity contribution in [3.05, 3.63) is 29.6 Å². The summed E-state index contributed by atoms with van der Waals surface area (Å²) in [6.45, 7) is 2.12. The van der Waals surface area contributed by atoms with Gasteiger partial charge in [0, 0.05) is 12.6 Å². The summed E-state index contributed by atoms with van der Waals surface area (Å²) in [5, 5.41) is 0. The lowest BCUT2D eigenvalue weighted by atomic mass is 10.0. The van der Waals surface area contributed by atoms with Crippen molar-refractivity contribution in [3.8, 4) is 12.3 Å². The SMILES string of the molecule is C#CCCCC(NN)c1ncccc1CC. The highest BCUT2D eigenvalue weighted by Crippen LogP contribution is 2.20. The highest BCUT2D eigenvalue weighted by Gasteiger charge is 2.13. The van der Waals surface area contributed by atoms with E-state index in [1.165, 1.54) is 5.56 Å². The summed E-state index contributed by atoms with van der Waals surface area (Å²) in [5.41, 5.74) is 5.11. The molecule has 0 aliphatic carbocycles. The lowest BCUT2D eigenvalue weighted by molar-refractivity contribution is 0.488. The first-order valence-corrected chi connectivity index (χ1v) is 5.66. The summed E-state index contributed by atoms with van der Waals surface area (Å²) in [7, 11) is 0. The second-order valence-corrected chi connectivity index (χ2v) is 3.72. The number of hydrogen-bond donors (Lipinski definition) is 2. The number of unbranched alkanes of at least 4 members (excludes halogenated alkanes) is 1. The largest absolute Gasteiger partial charge is 0.271 e. The highest BCUT2D eigenvalue weighted by atomic mass is 15.2. The lowest BCUT2D eigenvalue weighted by Crippen LogP contribution is -2.29. The predicted octanol–water partition coefficient (Wildman–Crippen LogP) is 1.95. The summed E-state index contributed by atoms with van der Waals surface area (Å²) < 4.78 is 0. The van der Waals surface area contributed by atoms with Gasteiger partial charge in [-0.2, -0.15) is 0 Å². The summed E-state index contributed by atoms with van der Waals surface area (Å²) in [5.74, 6) is 8.21. The van der Waals surface area contributed by atoms with Gasteiger partial charge in [0.1, 0.15) is 0 Å². The van der Waals surface area contributed by atoms with E-state index in [2.05, 4.69) is 29.3 Å². The van der Waals surface area contributed by atoms with E-state index in [4.69, 9.17) is 12.3 Å². The molecule has 0 aliphatic rings. The molecule has 1 aromatic heterocycles. The number of pyridine rings is 1. The molecule has 1 rings (SSSR count). The monoisotopic (exact) mass is 217 g/mol. The first kappa shape index (κ1) is 12.7. The van der Waals surface area contributed by atoms with E-state index >= 15 is 0 Å². The Balaban J connectivity index is 2.74. The van der Waals surface area contributed by atoms with Crippen molar-refractivity contribution < 1.29 is 0 Å². The van der Waals surface area contributed by atoms with Crippen molar-refractivity contribution in [1.82, 2.24) is 10.4 Å². The van der Waals surface area contributed by atoms with Crippen LogP contribution in [-0.4, -0.2) is 4.98 Å². The molecule has 1 unspecified atom stereocenters. The molecule has 1 atom stereocenters. The molecular weight excluding hydrogens is 198 g/mol. The van der Waals surface area contributed by atoms with Crippen molar-refractivity contribution >= 4 is 0 Å². The van der Waals surface area contributed by atoms with Crippen LogP contribution < -0.4 is 11.3 Å². The quantitative estimate of drug-likeness (QED) is 0.331. The number of terminal acetylenes is 1. The number of nitrogens with one attached hydrogen (secondary N) is 1. The molecule has 0 bridgehead atoms. The maximum absolute atomic E-state index is 5.57. The maximum atomic E-state index is 5.57. The van der Waals surface area contributed by atoms with Crippen molar-refractivity contribution in [2.75, 3.05) is 0 Å². The average Bonchev–Trinajstić information content (AvgIpc) is 2.35. The van der Waals surface area contributed by atoms with Crippen LogP contribution in [0.4, 0.5) is 0 Å². The fraction of sp³-hybridized carbons (Fsp3) is 0.462. The third-order valence-electron chi connectivity index (χ3n) is 2.65. The van der Waals surface area contributed by atoms with Gasteiger partial charge in [0.25, 0.3) is 0 Å². The minimum atomic E-state index is 0.101. The molecule has 16 heavy (non-hydrogen) atoms. The fourth-order valence-corrected chi connectivity index (χ4v) is 1.77. The van der Waals surface area contributed by atoms with Crippen LogP contribution in [-0.2, 0) is 6.42 Å². The number of nitrogens with zero attached hydrogens (tertiary/aromatic N) is 1. The number of aromatic nitrogens is 1. The Labute approximate surface area is 97.4 Å². The third-order valence-corrected chi connectivity index (χ3v) is 2.65. The number of hydrogen-bond acceptors (Lipinski definition) is 3. The Hall–Kier alpha value is -1.37. The summed E-state index contributed by atoms with van der Waals surface area (Å²) in [6.07, 6.45) is 10.7. The van der Waals surface area contributed by atoms with Crippen molar-refractivity contribution in [2.45, 2.75) is 38.6 Å². The maximum Gasteiger partial charge on any atom is 0.0635 e. The van der Waals surface area contributed by atoms with Crippen LogP contribution in [0.3, 0.4) is 0 Å². The van der Waals surface area contributed by atoms with Gasteiger partial charge in [0.05, 0.1) is 11.7 Å². The predicted molar refractivity (Wildman–Crippen MR) is 66.4 cm³/mol. The second-order valence-electron chi connectivity index (χ2n) is 3.72. The second kappa shape index (κ2) is 7.00. The molecule has 0 spiro atoms. The lowest BCUT2D eigenvalue weighted by Gasteiger charge is -2.17. The average molecular weight is 217 g/mol. The van der Waals surface area contributed by atoms with E-state index in [1.54, 1.807) is 6.20 Å². The van der Waals surface area contributed by atoms with Gasteiger partial charge in [-0.1, -0.05) is 13.0 Å². The fourth-order valence-electron chi connectivity index (χ4n) is 1.77. The smallest absolute Gasteiger partial charge is 0.0635 e. The Kier molecular flexibility index (Phi) is 5.55. The van der Waals surface area contributed by atoms with Crippen LogP contribution in [0.1, 0.15) is 43.5 Å². The number of hydrazine groups is 1. The number of nitrogens with two attached hydrogens (primary N) is 1. The zero-order valence-electron chi connectivity index (χ0n) is 9.74. The molecular formula is C13H19N3. The zero-order valence-corrected chi connectivity index (χ0v) is 9.74.